The summed E-state index contributed by atoms with van der Waals surface area (Å²) in [5, 5.41) is 19.2. The van der Waals surface area contributed by atoms with Crippen LogP contribution < -0.4 is 0 Å². The Morgan fingerprint density at radius 3 is 2.33 bits per heavy atom. The number of alkyl halides is 2. The van der Waals surface area contributed by atoms with Gasteiger partial charge in [0.05, 0.1) is 53.9 Å². The van der Waals surface area contributed by atoms with Crippen LogP contribution in [-0.4, -0.2) is 49.3 Å². The number of rotatable bonds is 8. The Kier molecular flexibility index (Phi) is 7.20. The van der Waals surface area contributed by atoms with Gasteiger partial charge in [-0.3, -0.25) is 14.3 Å². The summed E-state index contributed by atoms with van der Waals surface area (Å²) in [7, 11) is 0. The number of benzene rings is 1. The number of nitrogens with zero attached hydrogens (tertiary/aromatic N) is 10. The van der Waals surface area contributed by atoms with Crippen LogP contribution in [0.1, 0.15) is 18.3 Å². The fourth-order valence-electron chi connectivity index (χ4n) is 4.44. The Bertz CT molecular complexity index is 1880. The Balaban J connectivity index is 1.41. The summed E-state index contributed by atoms with van der Waals surface area (Å²) in [6, 6.07) is 5.28. The van der Waals surface area contributed by atoms with Gasteiger partial charge in [-0.15, -0.1) is 5.10 Å². The van der Waals surface area contributed by atoms with Crippen molar-refractivity contribution in [2.45, 2.75) is 19.1 Å². The van der Waals surface area contributed by atoms with E-state index < -0.39 is 35.7 Å². The fourth-order valence-corrected chi connectivity index (χ4v) is 4.72. The number of hydrogen-bond acceptors (Lipinski definition) is 6. The molecule has 5 aromatic heterocycles. The van der Waals surface area contributed by atoms with Crippen LogP contribution in [0, 0.1) is 17.5 Å². The van der Waals surface area contributed by atoms with Gasteiger partial charge < -0.3 is 0 Å². The average Bonchev–Trinajstić information content (AvgIpc) is 3.77. The van der Waals surface area contributed by atoms with Crippen LogP contribution in [0.2, 0.25) is 10.2 Å². The first-order valence-electron chi connectivity index (χ1n) is 12.0. The molecule has 0 radical (unpaired) electrons. The zero-order valence-corrected chi connectivity index (χ0v) is 22.3. The molecule has 0 unspecified atom stereocenters. The first kappa shape index (κ1) is 27.5. The van der Waals surface area contributed by atoms with Gasteiger partial charge in [0.15, 0.2) is 22.6 Å². The molecule has 0 saturated heterocycles. The van der Waals surface area contributed by atoms with Gasteiger partial charge in [-0.05, 0) is 18.2 Å². The maximum absolute atomic E-state index is 15.3. The van der Waals surface area contributed by atoms with Crippen LogP contribution in [0.4, 0.5) is 22.0 Å². The minimum Gasteiger partial charge on any atom is -0.267 e. The highest BCUT2D eigenvalue weighted by Gasteiger charge is 2.24. The average molecular weight is 621 g/mol. The summed E-state index contributed by atoms with van der Waals surface area (Å²) in [4.78, 5) is 4.49. The van der Waals surface area contributed by atoms with E-state index in [-0.39, 0.29) is 32.5 Å². The van der Waals surface area contributed by atoms with E-state index in [1.54, 1.807) is 18.2 Å². The number of aromatic nitrogens is 10. The van der Waals surface area contributed by atoms with Gasteiger partial charge in [-0.1, -0.05) is 34.5 Å². The predicted molar refractivity (Wildman–Crippen MR) is 140 cm³/mol. The van der Waals surface area contributed by atoms with E-state index in [4.69, 9.17) is 23.2 Å². The highest BCUT2D eigenvalue weighted by atomic mass is 35.5. The Morgan fingerprint density at radius 2 is 1.67 bits per heavy atom. The molecule has 42 heavy (non-hydrogen) atoms. The van der Waals surface area contributed by atoms with Gasteiger partial charge in [0, 0.05) is 29.1 Å². The molecule has 6 aromatic rings. The minimum atomic E-state index is -3.09. The molecule has 0 aliphatic rings. The molecule has 0 amide bonds. The van der Waals surface area contributed by atoms with Crippen molar-refractivity contribution < 1.29 is 22.0 Å². The molecule has 17 heteroatoms. The van der Waals surface area contributed by atoms with Crippen LogP contribution >= 0.6 is 23.2 Å². The van der Waals surface area contributed by atoms with E-state index in [9.17, 15) is 17.6 Å². The topological polar surface area (TPSA) is 97.1 Å². The molecule has 0 spiro atoms. The van der Waals surface area contributed by atoms with E-state index in [1.807, 2.05) is 0 Å². The third-order valence-corrected chi connectivity index (χ3v) is 6.76. The lowest BCUT2D eigenvalue weighted by molar-refractivity contribution is 0.0582. The van der Waals surface area contributed by atoms with E-state index in [0.717, 1.165) is 12.4 Å². The quantitative estimate of drug-likeness (QED) is 0.194. The smallest absolute Gasteiger partial charge is 0.267 e. The second-order valence-electron chi connectivity index (χ2n) is 8.88. The maximum atomic E-state index is 15.3. The number of hydrogen-bond donors (Lipinski definition) is 0. The Morgan fingerprint density at radius 1 is 0.833 bits per heavy atom. The molecular weight excluding hydrogens is 606 g/mol. The van der Waals surface area contributed by atoms with Gasteiger partial charge >= 0.3 is 6.55 Å². The lowest BCUT2D eigenvalue weighted by atomic mass is 10.0. The Hall–Kier alpha value is -4.63. The van der Waals surface area contributed by atoms with Crippen molar-refractivity contribution in [1.82, 2.24) is 49.3 Å². The second kappa shape index (κ2) is 11.0. The third-order valence-electron chi connectivity index (χ3n) is 6.29. The molecule has 0 bridgehead atoms. The molecular formula is C25H15Cl2F5N10. The van der Waals surface area contributed by atoms with Gasteiger partial charge in [0.1, 0.15) is 11.7 Å². The highest BCUT2D eigenvalue weighted by Crippen LogP contribution is 2.34. The molecule has 1 atom stereocenters. The van der Waals surface area contributed by atoms with Gasteiger partial charge in [0.25, 0.3) is 0 Å². The Labute approximate surface area is 242 Å². The molecule has 0 fully saturated rings. The molecule has 0 aliphatic carbocycles. The van der Waals surface area contributed by atoms with Crippen molar-refractivity contribution in [1.29, 1.82) is 0 Å². The van der Waals surface area contributed by atoms with Crippen molar-refractivity contribution in [2.24, 2.45) is 0 Å². The van der Waals surface area contributed by atoms with E-state index in [1.165, 1.54) is 44.9 Å². The number of pyridine rings is 1. The monoisotopic (exact) mass is 620 g/mol. The number of halogens is 7. The van der Waals surface area contributed by atoms with Crippen molar-refractivity contribution in [2.75, 3.05) is 0 Å². The van der Waals surface area contributed by atoms with Gasteiger partial charge in [-0.2, -0.15) is 24.1 Å². The molecule has 0 N–H and O–H groups in total. The summed E-state index contributed by atoms with van der Waals surface area (Å²) in [5.74, 6) is -2.28. The molecule has 10 nitrogen and oxygen atoms in total. The van der Waals surface area contributed by atoms with E-state index in [2.05, 4.69) is 30.6 Å². The zero-order valence-electron chi connectivity index (χ0n) is 20.8. The van der Waals surface area contributed by atoms with Crippen LogP contribution in [-0.2, 0) is 6.54 Å². The van der Waals surface area contributed by atoms with Crippen molar-refractivity contribution in [3.8, 4) is 28.1 Å². The van der Waals surface area contributed by atoms with Crippen LogP contribution in [0.25, 0.3) is 28.1 Å². The molecule has 1 aromatic carbocycles. The van der Waals surface area contributed by atoms with E-state index >= 15 is 4.39 Å². The minimum absolute atomic E-state index is 0.00219. The van der Waals surface area contributed by atoms with Crippen LogP contribution in [0.15, 0.2) is 67.6 Å². The zero-order chi connectivity index (χ0) is 29.5. The highest BCUT2D eigenvalue weighted by molar-refractivity contribution is 6.31. The first-order chi connectivity index (χ1) is 20.2. The molecule has 6 rings (SSSR count). The summed E-state index contributed by atoms with van der Waals surface area (Å²) < 4.78 is 74.4. The summed E-state index contributed by atoms with van der Waals surface area (Å²) in [6.07, 6.45) is 8.15. The summed E-state index contributed by atoms with van der Waals surface area (Å²) in [6.45, 7) is -3.09. The second-order valence-corrected chi connectivity index (χ2v) is 9.68. The fraction of sp³-hybridized carbons (Fsp3) is 0.120. The van der Waals surface area contributed by atoms with Crippen LogP contribution in [0.5, 0.6) is 0 Å². The normalized spacial score (nSPS) is 12.4. The maximum Gasteiger partial charge on any atom is 0.333 e. The van der Waals surface area contributed by atoms with Gasteiger partial charge in [0.2, 0.25) is 0 Å². The predicted octanol–water partition coefficient (Wildman–Crippen LogP) is 5.99. The van der Waals surface area contributed by atoms with Crippen molar-refractivity contribution in [3.63, 3.8) is 0 Å². The van der Waals surface area contributed by atoms with Gasteiger partial charge in [-0.25, -0.2) is 22.5 Å². The largest absolute Gasteiger partial charge is 0.333 e. The molecule has 0 saturated carbocycles. The third kappa shape index (κ3) is 5.12. The van der Waals surface area contributed by atoms with Crippen LogP contribution in [0.3, 0.4) is 0 Å². The molecule has 0 aliphatic heterocycles. The molecule has 5 heterocycles. The van der Waals surface area contributed by atoms with Crippen molar-refractivity contribution in [3.05, 3.63) is 101 Å². The lowest BCUT2D eigenvalue weighted by Gasteiger charge is -2.18. The standard InChI is InChI=1S/C25H15Cl2F5N10/c26-16-2-4-19(41-12-21(27)37-38-41)22(23(16)30)13-1-3-18(33-5-13)20(11-39-10-15(28)7-34-39)40-9-14(6-35-40)24-17(29)8-36-42(24)25(31)32/h1-10,12,20,25H,11H2/t20-/m0/s1. The summed E-state index contributed by atoms with van der Waals surface area (Å²) >= 11 is 12.0. The van der Waals surface area contributed by atoms with Crippen molar-refractivity contribution >= 4 is 23.2 Å². The first-order valence-corrected chi connectivity index (χ1v) is 12.7. The van der Waals surface area contributed by atoms with E-state index in [0.29, 0.717) is 23.1 Å². The molecule has 214 valence electrons. The lowest BCUT2D eigenvalue weighted by Crippen LogP contribution is -2.19. The SMILES string of the molecule is Fc1cnn(C[C@@H](c2ccc(-c3c(-n4cc(Cl)nn4)ccc(Cl)c3F)cn2)n2cc(-c3c(F)cnn3C(F)F)cn2)c1. The summed E-state index contributed by atoms with van der Waals surface area (Å²) in [5.41, 5.74) is 0.624.